The minimum Gasteiger partial charge on any atom is -0.398 e. The van der Waals surface area contributed by atoms with Gasteiger partial charge in [-0.05, 0) is 18.1 Å². The number of para-hydroxylation sites is 1. The minimum atomic E-state index is -3.47. The van der Waals surface area contributed by atoms with Gasteiger partial charge in [0.1, 0.15) is 0 Å². The van der Waals surface area contributed by atoms with Gasteiger partial charge in [0.05, 0.1) is 12.4 Å². The number of hydrogen-bond acceptors (Lipinski definition) is 4. The quantitative estimate of drug-likeness (QED) is 0.646. The Hall–Kier alpha value is -1.11. The highest BCUT2D eigenvalue weighted by Gasteiger charge is 2.17. The fourth-order valence-electron chi connectivity index (χ4n) is 1.42. The van der Waals surface area contributed by atoms with Gasteiger partial charge < -0.3 is 10.8 Å². The Kier molecular flexibility index (Phi) is 4.92. The first-order chi connectivity index (χ1) is 7.98. The van der Waals surface area contributed by atoms with Gasteiger partial charge >= 0.3 is 0 Å². The van der Waals surface area contributed by atoms with Crippen LogP contribution in [-0.2, 0) is 15.8 Å². The maximum Gasteiger partial charge on any atom is 0.216 e. The third-order valence-electron chi connectivity index (χ3n) is 2.46. The smallest absolute Gasteiger partial charge is 0.216 e. The van der Waals surface area contributed by atoms with E-state index in [1.807, 2.05) is 0 Å². The molecule has 0 aliphatic rings. The lowest BCUT2D eigenvalue weighted by Gasteiger charge is -2.14. The van der Waals surface area contributed by atoms with E-state index in [0.29, 0.717) is 17.7 Å². The van der Waals surface area contributed by atoms with Crippen LogP contribution < -0.4 is 10.5 Å². The van der Waals surface area contributed by atoms with Crippen molar-refractivity contribution in [2.75, 3.05) is 12.3 Å². The van der Waals surface area contributed by atoms with Crippen LogP contribution in [0.25, 0.3) is 0 Å². The number of nitrogen functional groups attached to an aromatic ring is 1. The second-order valence-electron chi connectivity index (χ2n) is 3.86. The van der Waals surface area contributed by atoms with Crippen molar-refractivity contribution in [1.82, 2.24) is 4.72 Å². The third-order valence-corrected chi connectivity index (χ3v) is 3.84. The lowest BCUT2D eigenvalue weighted by atomic mass is 10.2. The average molecular weight is 258 g/mol. The van der Waals surface area contributed by atoms with E-state index < -0.39 is 16.1 Å². The summed E-state index contributed by atoms with van der Waals surface area (Å²) in [5, 5.41) is 8.96. The molecule has 0 saturated carbocycles. The Morgan fingerprint density at radius 3 is 2.59 bits per heavy atom. The molecule has 17 heavy (non-hydrogen) atoms. The summed E-state index contributed by atoms with van der Waals surface area (Å²) in [7, 11) is -3.47. The molecule has 0 radical (unpaired) electrons. The van der Waals surface area contributed by atoms with E-state index in [2.05, 4.69) is 4.72 Å². The van der Waals surface area contributed by atoms with Crippen LogP contribution in [0.2, 0.25) is 0 Å². The molecule has 0 amide bonds. The first kappa shape index (κ1) is 14.0. The largest absolute Gasteiger partial charge is 0.398 e. The zero-order valence-corrected chi connectivity index (χ0v) is 10.6. The number of anilines is 1. The van der Waals surface area contributed by atoms with E-state index in [-0.39, 0.29) is 12.4 Å². The molecular weight excluding hydrogens is 240 g/mol. The topological polar surface area (TPSA) is 92.4 Å². The number of hydrogen-bond donors (Lipinski definition) is 3. The molecule has 1 atom stereocenters. The summed E-state index contributed by atoms with van der Waals surface area (Å²) < 4.78 is 26.0. The summed E-state index contributed by atoms with van der Waals surface area (Å²) >= 11 is 0. The monoisotopic (exact) mass is 258 g/mol. The summed E-state index contributed by atoms with van der Waals surface area (Å²) in [6, 6.07) is 6.39. The van der Waals surface area contributed by atoms with Crippen molar-refractivity contribution >= 4 is 15.7 Å². The van der Waals surface area contributed by atoms with E-state index in [4.69, 9.17) is 10.8 Å². The zero-order chi connectivity index (χ0) is 12.9. The SMILES string of the molecule is CC[C@H](CO)NS(=O)(=O)Cc1ccccc1N. The second kappa shape index (κ2) is 6.00. The molecule has 96 valence electrons. The van der Waals surface area contributed by atoms with Gasteiger partial charge in [-0.1, -0.05) is 25.1 Å². The third kappa shape index (κ3) is 4.33. The molecule has 1 aromatic rings. The Morgan fingerprint density at radius 1 is 1.41 bits per heavy atom. The Morgan fingerprint density at radius 2 is 2.06 bits per heavy atom. The molecule has 1 aromatic carbocycles. The maximum absolute atomic E-state index is 11.8. The molecule has 0 bridgehead atoms. The average Bonchev–Trinajstić information content (AvgIpc) is 2.29. The van der Waals surface area contributed by atoms with Crippen molar-refractivity contribution in [3.05, 3.63) is 29.8 Å². The van der Waals surface area contributed by atoms with Crippen molar-refractivity contribution in [3.63, 3.8) is 0 Å². The van der Waals surface area contributed by atoms with Crippen LogP contribution in [0.4, 0.5) is 5.69 Å². The van der Waals surface area contributed by atoms with Crippen molar-refractivity contribution in [1.29, 1.82) is 0 Å². The van der Waals surface area contributed by atoms with E-state index in [0.717, 1.165) is 0 Å². The molecule has 0 heterocycles. The van der Waals surface area contributed by atoms with Crippen molar-refractivity contribution in [2.45, 2.75) is 25.1 Å². The summed E-state index contributed by atoms with van der Waals surface area (Å²) in [4.78, 5) is 0. The van der Waals surface area contributed by atoms with Gasteiger partial charge in [-0.2, -0.15) is 0 Å². The second-order valence-corrected chi connectivity index (χ2v) is 5.62. The standard InChI is InChI=1S/C11H18N2O3S/c1-2-10(7-14)13-17(15,16)8-9-5-3-4-6-11(9)12/h3-6,10,13-14H,2,7-8,12H2,1H3/t10-/m1/s1. The number of benzene rings is 1. The van der Waals surface area contributed by atoms with Crippen LogP contribution in [0, 0.1) is 0 Å². The van der Waals surface area contributed by atoms with Gasteiger partial charge in [-0.3, -0.25) is 0 Å². The van der Waals surface area contributed by atoms with Crippen molar-refractivity contribution in [3.8, 4) is 0 Å². The Bertz CT molecular complexity index is 456. The number of sulfonamides is 1. The van der Waals surface area contributed by atoms with E-state index in [1.54, 1.807) is 31.2 Å². The van der Waals surface area contributed by atoms with Crippen LogP contribution in [0.15, 0.2) is 24.3 Å². The highest BCUT2D eigenvalue weighted by Crippen LogP contribution is 2.13. The van der Waals surface area contributed by atoms with Crippen LogP contribution in [-0.4, -0.2) is 26.2 Å². The molecule has 0 aromatic heterocycles. The maximum atomic E-state index is 11.8. The van der Waals surface area contributed by atoms with Gasteiger partial charge in [0.2, 0.25) is 10.0 Å². The molecule has 5 nitrogen and oxygen atoms in total. The van der Waals surface area contributed by atoms with Crippen LogP contribution in [0.3, 0.4) is 0 Å². The summed E-state index contributed by atoms with van der Waals surface area (Å²) in [6.07, 6.45) is 0.542. The number of aliphatic hydroxyl groups excluding tert-OH is 1. The summed E-state index contributed by atoms with van der Waals surface area (Å²) in [5.74, 6) is -0.170. The molecule has 0 aliphatic carbocycles. The molecule has 0 saturated heterocycles. The molecule has 1 rings (SSSR count). The van der Waals surface area contributed by atoms with Crippen molar-refractivity contribution in [2.24, 2.45) is 0 Å². The molecule has 0 aliphatic heterocycles. The first-order valence-electron chi connectivity index (χ1n) is 5.42. The highest BCUT2D eigenvalue weighted by molar-refractivity contribution is 7.88. The van der Waals surface area contributed by atoms with Gasteiger partial charge in [0, 0.05) is 11.7 Å². The summed E-state index contributed by atoms with van der Waals surface area (Å²) in [6.45, 7) is 1.60. The molecule has 6 heteroatoms. The first-order valence-corrected chi connectivity index (χ1v) is 7.08. The molecule has 0 spiro atoms. The Balaban J connectivity index is 2.77. The number of rotatable bonds is 6. The molecule has 0 unspecified atom stereocenters. The normalized spacial score (nSPS) is 13.5. The number of nitrogens with two attached hydrogens (primary N) is 1. The van der Waals surface area contributed by atoms with Gasteiger partial charge in [0.25, 0.3) is 0 Å². The minimum absolute atomic E-state index is 0.170. The summed E-state index contributed by atoms with van der Waals surface area (Å²) in [5.41, 5.74) is 6.70. The fourth-order valence-corrected chi connectivity index (χ4v) is 2.92. The molecular formula is C11H18N2O3S. The van der Waals surface area contributed by atoms with Crippen LogP contribution in [0.1, 0.15) is 18.9 Å². The Labute approximate surface area is 102 Å². The lowest BCUT2D eigenvalue weighted by molar-refractivity contribution is 0.254. The van der Waals surface area contributed by atoms with Gasteiger partial charge in [0.15, 0.2) is 0 Å². The van der Waals surface area contributed by atoms with E-state index in [9.17, 15) is 8.42 Å². The number of aliphatic hydroxyl groups is 1. The van der Waals surface area contributed by atoms with E-state index >= 15 is 0 Å². The molecule has 4 N–H and O–H groups in total. The zero-order valence-electron chi connectivity index (χ0n) is 9.76. The van der Waals surface area contributed by atoms with Gasteiger partial charge in [-0.25, -0.2) is 13.1 Å². The van der Waals surface area contributed by atoms with Crippen molar-refractivity contribution < 1.29 is 13.5 Å². The molecule has 0 fully saturated rings. The van der Waals surface area contributed by atoms with Crippen LogP contribution in [0.5, 0.6) is 0 Å². The van der Waals surface area contributed by atoms with E-state index in [1.165, 1.54) is 0 Å². The lowest BCUT2D eigenvalue weighted by Crippen LogP contribution is -2.37. The number of nitrogens with one attached hydrogen (secondary N) is 1. The predicted molar refractivity (Wildman–Crippen MR) is 67.8 cm³/mol. The highest BCUT2D eigenvalue weighted by atomic mass is 32.2. The van der Waals surface area contributed by atoms with Gasteiger partial charge in [-0.15, -0.1) is 0 Å². The predicted octanol–water partition coefficient (Wildman–Crippen LogP) is 0.459. The fraction of sp³-hybridized carbons (Fsp3) is 0.455. The van der Waals surface area contributed by atoms with Crippen LogP contribution >= 0.6 is 0 Å².